The van der Waals surface area contributed by atoms with Crippen molar-refractivity contribution in [3.8, 4) is 11.4 Å². The molecule has 11 nitrogen and oxygen atoms in total. The maximum Gasteiger partial charge on any atom is 0.270 e. The number of non-ortho nitro benzene ring substituents is 2. The number of aromatic nitrogens is 2. The van der Waals surface area contributed by atoms with Gasteiger partial charge in [-0.3, -0.25) is 25.0 Å². The summed E-state index contributed by atoms with van der Waals surface area (Å²) in [6.07, 6.45) is 0.999. The first-order chi connectivity index (χ1) is 14.9. The van der Waals surface area contributed by atoms with Crippen LogP contribution in [-0.4, -0.2) is 43.9 Å². The number of carbonyl (C=O) groups excluding carboxylic acids is 1. The highest BCUT2D eigenvalue weighted by Gasteiger charge is 2.19. The van der Waals surface area contributed by atoms with E-state index in [0.717, 1.165) is 0 Å². The van der Waals surface area contributed by atoms with Crippen molar-refractivity contribution in [3.05, 3.63) is 80.2 Å². The van der Waals surface area contributed by atoms with Gasteiger partial charge < -0.3 is 9.42 Å². The fourth-order valence-electron chi connectivity index (χ4n) is 2.96. The summed E-state index contributed by atoms with van der Waals surface area (Å²) in [7, 11) is 0. The molecule has 11 heteroatoms. The minimum absolute atomic E-state index is 0.0395. The third kappa shape index (κ3) is 5.26. The van der Waals surface area contributed by atoms with Crippen LogP contribution >= 0.6 is 0 Å². The number of nitro benzene ring substituents is 2. The molecule has 0 N–H and O–H groups in total. The standard InChI is InChI=1S/C20H19N5O6/c1-2-11-23(20(26)15-4-3-5-17(13-15)25(29)30)12-10-18-21-19(22-31-18)14-6-8-16(9-7-14)24(27)28/h3-9,13H,2,10-12H2,1H3. The highest BCUT2D eigenvalue weighted by atomic mass is 16.6. The molecule has 0 spiro atoms. The van der Waals surface area contributed by atoms with E-state index < -0.39 is 9.85 Å². The van der Waals surface area contributed by atoms with E-state index in [1.54, 1.807) is 4.90 Å². The van der Waals surface area contributed by atoms with Crippen molar-refractivity contribution < 1.29 is 19.2 Å². The lowest BCUT2D eigenvalue weighted by Gasteiger charge is -2.21. The average Bonchev–Trinajstić information content (AvgIpc) is 3.25. The first-order valence-corrected chi connectivity index (χ1v) is 9.50. The highest BCUT2D eigenvalue weighted by Crippen LogP contribution is 2.20. The number of benzene rings is 2. The van der Waals surface area contributed by atoms with Crippen LogP contribution in [0, 0.1) is 20.2 Å². The van der Waals surface area contributed by atoms with Crippen LogP contribution in [0.4, 0.5) is 11.4 Å². The molecule has 0 fully saturated rings. The van der Waals surface area contributed by atoms with Crippen molar-refractivity contribution in [2.45, 2.75) is 19.8 Å². The fourth-order valence-corrected chi connectivity index (χ4v) is 2.96. The SMILES string of the molecule is CCCN(CCc1nc(-c2ccc([N+](=O)[O-])cc2)no1)C(=O)c1cccc([N+](=O)[O-])c1. The molecule has 3 rings (SSSR count). The molecule has 0 atom stereocenters. The Balaban J connectivity index is 1.69. The molecule has 0 aliphatic heterocycles. The molecule has 0 saturated heterocycles. The Hall–Kier alpha value is -4.15. The van der Waals surface area contributed by atoms with Crippen LogP contribution in [0.25, 0.3) is 11.4 Å². The van der Waals surface area contributed by atoms with Crippen molar-refractivity contribution in [3.63, 3.8) is 0 Å². The van der Waals surface area contributed by atoms with Crippen molar-refractivity contribution >= 4 is 17.3 Å². The van der Waals surface area contributed by atoms with Crippen LogP contribution in [0.1, 0.15) is 29.6 Å². The number of nitro groups is 2. The molecule has 0 bridgehead atoms. The predicted octanol–water partition coefficient (Wildman–Crippen LogP) is 3.65. The number of rotatable bonds is 9. The third-order valence-corrected chi connectivity index (χ3v) is 4.48. The van der Waals surface area contributed by atoms with Gasteiger partial charge in [0.05, 0.1) is 9.85 Å². The zero-order valence-electron chi connectivity index (χ0n) is 16.6. The summed E-state index contributed by atoms with van der Waals surface area (Å²) in [5.74, 6) is 0.277. The normalized spacial score (nSPS) is 10.6. The molecule has 0 radical (unpaired) electrons. The van der Waals surface area contributed by atoms with Crippen LogP contribution in [0.15, 0.2) is 53.1 Å². The summed E-state index contributed by atoms with van der Waals surface area (Å²) in [5, 5.41) is 25.6. The Morgan fingerprint density at radius 1 is 1.03 bits per heavy atom. The lowest BCUT2D eigenvalue weighted by Crippen LogP contribution is -2.33. The summed E-state index contributed by atoms with van der Waals surface area (Å²) in [6, 6.07) is 11.4. The van der Waals surface area contributed by atoms with Crippen molar-refractivity contribution in [1.29, 1.82) is 0 Å². The van der Waals surface area contributed by atoms with E-state index in [-0.39, 0.29) is 35.2 Å². The van der Waals surface area contributed by atoms with Gasteiger partial charge in [0, 0.05) is 54.9 Å². The molecule has 31 heavy (non-hydrogen) atoms. The molecule has 2 aromatic carbocycles. The summed E-state index contributed by atoms with van der Waals surface area (Å²) in [4.78, 5) is 39.4. The Bertz CT molecular complexity index is 1100. The molecule has 160 valence electrons. The number of hydrogen-bond donors (Lipinski definition) is 0. The van der Waals surface area contributed by atoms with E-state index in [1.807, 2.05) is 6.92 Å². The van der Waals surface area contributed by atoms with Crippen LogP contribution in [0.2, 0.25) is 0 Å². The second kappa shape index (κ2) is 9.57. The summed E-state index contributed by atoms with van der Waals surface area (Å²) in [6.45, 7) is 2.68. The van der Waals surface area contributed by atoms with E-state index in [2.05, 4.69) is 10.1 Å². The van der Waals surface area contributed by atoms with Gasteiger partial charge in [0.1, 0.15) is 0 Å². The summed E-state index contributed by atoms with van der Waals surface area (Å²) < 4.78 is 5.24. The Morgan fingerprint density at radius 2 is 1.74 bits per heavy atom. The minimum Gasteiger partial charge on any atom is -0.339 e. The molecule has 0 saturated carbocycles. The molecule has 3 aromatic rings. The lowest BCUT2D eigenvalue weighted by molar-refractivity contribution is -0.385. The van der Waals surface area contributed by atoms with E-state index in [1.165, 1.54) is 48.5 Å². The van der Waals surface area contributed by atoms with Crippen molar-refractivity contribution in [2.24, 2.45) is 0 Å². The predicted molar refractivity (Wildman–Crippen MR) is 109 cm³/mol. The third-order valence-electron chi connectivity index (χ3n) is 4.48. The molecule has 1 amide bonds. The monoisotopic (exact) mass is 425 g/mol. The van der Waals surface area contributed by atoms with E-state index in [4.69, 9.17) is 4.52 Å². The zero-order valence-corrected chi connectivity index (χ0v) is 16.6. The van der Waals surface area contributed by atoms with Gasteiger partial charge in [-0.05, 0) is 24.6 Å². The molecule has 1 heterocycles. The van der Waals surface area contributed by atoms with E-state index in [9.17, 15) is 25.0 Å². The number of carbonyl (C=O) groups is 1. The highest BCUT2D eigenvalue weighted by molar-refractivity contribution is 5.94. The second-order valence-corrected chi connectivity index (χ2v) is 6.67. The Morgan fingerprint density at radius 3 is 2.39 bits per heavy atom. The largest absolute Gasteiger partial charge is 0.339 e. The van der Waals surface area contributed by atoms with Crippen LogP contribution in [-0.2, 0) is 6.42 Å². The van der Waals surface area contributed by atoms with E-state index >= 15 is 0 Å². The van der Waals surface area contributed by atoms with Gasteiger partial charge in [-0.2, -0.15) is 4.98 Å². The molecule has 0 unspecified atom stereocenters. The molecule has 1 aromatic heterocycles. The van der Waals surface area contributed by atoms with Gasteiger partial charge >= 0.3 is 0 Å². The van der Waals surface area contributed by atoms with Crippen LogP contribution in [0.5, 0.6) is 0 Å². The van der Waals surface area contributed by atoms with Gasteiger partial charge in [0.25, 0.3) is 17.3 Å². The molecule has 0 aliphatic rings. The topological polar surface area (TPSA) is 146 Å². The van der Waals surface area contributed by atoms with Gasteiger partial charge in [-0.15, -0.1) is 0 Å². The number of nitrogens with zero attached hydrogens (tertiary/aromatic N) is 5. The first-order valence-electron chi connectivity index (χ1n) is 9.50. The fraction of sp³-hybridized carbons (Fsp3) is 0.250. The quantitative estimate of drug-likeness (QED) is 0.373. The first kappa shape index (κ1) is 21.6. The molecule has 0 aliphatic carbocycles. The van der Waals surface area contributed by atoms with Gasteiger partial charge in [-0.1, -0.05) is 18.1 Å². The van der Waals surface area contributed by atoms with Crippen molar-refractivity contribution in [1.82, 2.24) is 15.0 Å². The zero-order chi connectivity index (χ0) is 22.4. The minimum atomic E-state index is -0.543. The van der Waals surface area contributed by atoms with Crippen LogP contribution in [0.3, 0.4) is 0 Å². The summed E-state index contributed by atoms with van der Waals surface area (Å²) in [5.41, 5.74) is 0.618. The van der Waals surface area contributed by atoms with Gasteiger partial charge in [0.15, 0.2) is 0 Å². The van der Waals surface area contributed by atoms with Gasteiger partial charge in [0.2, 0.25) is 11.7 Å². The molecular formula is C20H19N5O6. The number of amides is 1. The Labute approximate surface area is 176 Å². The summed E-state index contributed by atoms with van der Waals surface area (Å²) >= 11 is 0. The lowest BCUT2D eigenvalue weighted by atomic mass is 10.1. The Kier molecular flexibility index (Phi) is 6.65. The average molecular weight is 425 g/mol. The van der Waals surface area contributed by atoms with E-state index in [0.29, 0.717) is 30.8 Å². The number of hydrogen-bond acceptors (Lipinski definition) is 8. The van der Waals surface area contributed by atoms with Crippen LogP contribution < -0.4 is 0 Å². The van der Waals surface area contributed by atoms with Gasteiger partial charge in [-0.25, -0.2) is 0 Å². The van der Waals surface area contributed by atoms with Crippen molar-refractivity contribution in [2.75, 3.05) is 13.1 Å². The maximum absolute atomic E-state index is 12.8. The molecular weight excluding hydrogens is 406 g/mol. The maximum atomic E-state index is 12.8. The smallest absolute Gasteiger partial charge is 0.270 e. The second-order valence-electron chi connectivity index (χ2n) is 6.67.